The third-order valence-electron chi connectivity index (χ3n) is 3.90. The van der Waals surface area contributed by atoms with E-state index in [-0.39, 0.29) is 18.0 Å². The van der Waals surface area contributed by atoms with E-state index in [1.165, 1.54) is 19.3 Å². The Hall–Kier alpha value is -0.650. The number of amides is 1. The third-order valence-corrected chi connectivity index (χ3v) is 3.90. The summed E-state index contributed by atoms with van der Waals surface area (Å²) in [6, 6.07) is 0.162. The molecule has 5 nitrogen and oxygen atoms in total. The van der Waals surface area contributed by atoms with Crippen LogP contribution < -0.4 is 11.1 Å². The van der Waals surface area contributed by atoms with Gasteiger partial charge in [-0.1, -0.05) is 19.3 Å². The van der Waals surface area contributed by atoms with Gasteiger partial charge in [-0.05, 0) is 26.8 Å². The lowest BCUT2D eigenvalue weighted by Gasteiger charge is -2.29. The van der Waals surface area contributed by atoms with E-state index in [0.717, 1.165) is 12.8 Å². The summed E-state index contributed by atoms with van der Waals surface area (Å²) in [5.41, 5.74) is 5.91. The van der Waals surface area contributed by atoms with Gasteiger partial charge in [0.05, 0.1) is 12.6 Å². The molecule has 3 N–H and O–H groups in total. The highest BCUT2D eigenvalue weighted by Crippen LogP contribution is 2.17. The maximum atomic E-state index is 12.2. The highest BCUT2D eigenvalue weighted by molar-refractivity contribution is 5.81. The summed E-state index contributed by atoms with van der Waals surface area (Å²) in [5, 5.41) is 3.15. The van der Waals surface area contributed by atoms with Gasteiger partial charge in [-0.3, -0.25) is 9.69 Å². The SMILES string of the molecule is COCC(N)CN(C)C(C)C(=O)NC1CCCCC1. The Morgan fingerprint density at radius 1 is 1.42 bits per heavy atom. The number of hydrogen-bond donors (Lipinski definition) is 2. The molecule has 5 heteroatoms. The zero-order valence-corrected chi connectivity index (χ0v) is 12.5. The summed E-state index contributed by atoms with van der Waals surface area (Å²) in [5.74, 6) is 0.110. The van der Waals surface area contributed by atoms with Crippen LogP contribution in [-0.2, 0) is 9.53 Å². The zero-order valence-electron chi connectivity index (χ0n) is 12.5. The molecule has 0 heterocycles. The Kier molecular flexibility index (Phi) is 7.34. The highest BCUT2D eigenvalue weighted by atomic mass is 16.5. The van der Waals surface area contributed by atoms with Crippen molar-refractivity contribution in [2.24, 2.45) is 5.73 Å². The van der Waals surface area contributed by atoms with Crippen LogP contribution in [0, 0.1) is 0 Å². The minimum Gasteiger partial charge on any atom is -0.383 e. The molecule has 0 saturated heterocycles. The second-order valence-electron chi connectivity index (χ2n) is 5.67. The largest absolute Gasteiger partial charge is 0.383 e. The molecule has 1 aliphatic carbocycles. The summed E-state index contributed by atoms with van der Waals surface area (Å²) in [7, 11) is 3.57. The number of hydrogen-bond acceptors (Lipinski definition) is 4. The lowest BCUT2D eigenvalue weighted by atomic mass is 9.95. The van der Waals surface area contributed by atoms with Crippen LogP contribution >= 0.6 is 0 Å². The zero-order chi connectivity index (χ0) is 14.3. The molecule has 2 unspecified atom stereocenters. The second-order valence-corrected chi connectivity index (χ2v) is 5.67. The number of likely N-dealkylation sites (N-methyl/N-ethyl adjacent to an activating group) is 1. The Balaban J connectivity index is 2.33. The summed E-state index contributed by atoms with van der Waals surface area (Å²) in [6.07, 6.45) is 5.99. The van der Waals surface area contributed by atoms with E-state index in [1.807, 2.05) is 18.9 Å². The highest BCUT2D eigenvalue weighted by Gasteiger charge is 2.23. The van der Waals surface area contributed by atoms with Gasteiger partial charge in [0.2, 0.25) is 5.91 Å². The molecule has 19 heavy (non-hydrogen) atoms. The van der Waals surface area contributed by atoms with Crippen molar-refractivity contribution in [3.63, 3.8) is 0 Å². The van der Waals surface area contributed by atoms with Gasteiger partial charge in [-0.25, -0.2) is 0 Å². The summed E-state index contributed by atoms with van der Waals surface area (Å²) in [4.78, 5) is 14.2. The maximum absolute atomic E-state index is 12.2. The van der Waals surface area contributed by atoms with Crippen molar-refractivity contribution in [1.82, 2.24) is 10.2 Å². The van der Waals surface area contributed by atoms with Gasteiger partial charge >= 0.3 is 0 Å². The van der Waals surface area contributed by atoms with Crippen LogP contribution in [0.2, 0.25) is 0 Å². The predicted octanol–water partition coefficient (Wildman–Crippen LogP) is 0.729. The fourth-order valence-corrected chi connectivity index (χ4v) is 2.56. The summed E-state index contributed by atoms with van der Waals surface area (Å²) < 4.78 is 5.01. The van der Waals surface area contributed by atoms with E-state index in [2.05, 4.69) is 5.32 Å². The molecule has 2 atom stereocenters. The molecule has 1 saturated carbocycles. The topological polar surface area (TPSA) is 67.6 Å². The smallest absolute Gasteiger partial charge is 0.237 e. The molecule has 0 spiro atoms. The van der Waals surface area contributed by atoms with E-state index in [0.29, 0.717) is 19.2 Å². The Labute approximate surface area is 116 Å². The molecule has 0 aromatic rings. The Bertz CT molecular complexity index is 267. The minimum absolute atomic E-state index is 0.0556. The number of carbonyl (C=O) groups is 1. The van der Waals surface area contributed by atoms with Crippen molar-refractivity contribution < 1.29 is 9.53 Å². The van der Waals surface area contributed by atoms with E-state index < -0.39 is 0 Å². The normalized spacial score (nSPS) is 20.3. The van der Waals surface area contributed by atoms with E-state index in [9.17, 15) is 4.79 Å². The molecule has 0 radical (unpaired) electrons. The second kappa shape index (κ2) is 8.51. The molecular formula is C14H29N3O2. The van der Waals surface area contributed by atoms with Gasteiger partial charge in [-0.2, -0.15) is 0 Å². The first kappa shape index (κ1) is 16.4. The quantitative estimate of drug-likeness (QED) is 0.716. The van der Waals surface area contributed by atoms with Gasteiger partial charge in [0.25, 0.3) is 0 Å². The lowest BCUT2D eigenvalue weighted by molar-refractivity contribution is -0.126. The molecule has 0 aromatic heterocycles. The van der Waals surface area contributed by atoms with Crippen LogP contribution in [0.5, 0.6) is 0 Å². The van der Waals surface area contributed by atoms with Crippen molar-refractivity contribution in [1.29, 1.82) is 0 Å². The minimum atomic E-state index is -0.148. The average molecular weight is 271 g/mol. The number of nitrogens with one attached hydrogen (secondary N) is 1. The molecule has 1 amide bonds. The van der Waals surface area contributed by atoms with Gasteiger partial charge in [0.15, 0.2) is 0 Å². The first-order valence-electron chi connectivity index (χ1n) is 7.29. The standard InChI is InChI=1S/C14H29N3O2/c1-11(17(2)9-12(15)10-19-3)14(18)16-13-7-5-4-6-8-13/h11-13H,4-10,15H2,1-3H3,(H,16,18). The van der Waals surface area contributed by atoms with Crippen molar-refractivity contribution in [2.75, 3.05) is 27.3 Å². The van der Waals surface area contributed by atoms with E-state index in [4.69, 9.17) is 10.5 Å². The predicted molar refractivity (Wildman–Crippen MR) is 77.0 cm³/mol. The molecule has 0 aromatic carbocycles. The molecular weight excluding hydrogens is 242 g/mol. The van der Waals surface area contributed by atoms with Gasteiger partial charge in [0.1, 0.15) is 0 Å². The lowest BCUT2D eigenvalue weighted by Crippen LogP contribution is -2.50. The monoisotopic (exact) mass is 271 g/mol. The van der Waals surface area contributed by atoms with Crippen molar-refractivity contribution in [3.05, 3.63) is 0 Å². The first-order valence-corrected chi connectivity index (χ1v) is 7.29. The van der Waals surface area contributed by atoms with Crippen LogP contribution in [0.15, 0.2) is 0 Å². The third kappa shape index (κ3) is 5.89. The number of carbonyl (C=O) groups excluding carboxylic acids is 1. The Morgan fingerprint density at radius 2 is 2.05 bits per heavy atom. The number of ether oxygens (including phenoxy) is 1. The molecule has 0 aliphatic heterocycles. The number of methoxy groups -OCH3 is 1. The summed E-state index contributed by atoms with van der Waals surface area (Å²) in [6.45, 7) is 3.10. The van der Waals surface area contributed by atoms with Crippen LogP contribution in [0.25, 0.3) is 0 Å². The maximum Gasteiger partial charge on any atom is 0.237 e. The molecule has 1 aliphatic rings. The van der Waals surface area contributed by atoms with E-state index >= 15 is 0 Å². The van der Waals surface area contributed by atoms with Crippen molar-refractivity contribution in [3.8, 4) is 0 Å². The molecule has 0 bridgehead atoms. The average Bonchev–Trinajstić information content (AvgIpc) is 2.39. The van der Waals surface area contributed by atoms with Gasteiger partial charge < -0.3 is 15.8 Å². The fraction of sp³-hybridized carbons (Fsp3) is 0.929. The number of nitrogens with two attached hydrogens (primary N) is 1. The number of nitrogens with zero attached hydrogens (tertiary/aromatic N) is 1. The van der Waals surface area contributed by atoms with Crippen molar-refractivity contribution >= 4 is 5.91 Å². The molecule has 1 rings (SSSR count). The molecule has 112 valence electrons. The van der Waals surface area contributed by atoms with Gasteiger partial charge in [0, 0.05) is 25.7 Å². The van der Waals surface area contributed by atoms with Crippen LogP contribution in [0.3, 0.4) is 0 Å². The fourth-order valence-electron chi connectivity index (χ4n) is 2.56. The van der Waals surface area contributed by atoms with Crippen LogP contribution in [0.1, 0.15) is 39.0 Å². The van der Waals surface area contributed by atoms with Crippen molar-refractivity contribution in [2.45, 2.75) is 57.2 Å². The summed E-state index contributed by atoms with van der Waals surface area (Å²) >= 11 is 0. The van der Waals surface area contributed by atoms with Crippen LogP contribution in [0.4, 0.5) is 0 Å². The first-order chi connectivity index (χ1) is 9.04. The molecule has 1 fully saturated rings. The van der Waals surface area contributed by atoms with Crippen LogP contribution in [-0.4, -0.2) is 56.2 Å². The Morgan fingerprint density at radius 3 is 2.63 bits per heavy atom. The van der Waals surface area contributed by atoms with E-state index in [1.54, 1.807) is 7.11 Å². The van der Waals surface area contributed by atoms with Gasteiger partial charge in [-0.15, -0.1) is 0 Å². The number of rotatable bonds is 7.